The van der Waals surface area contributed by atoms with Crippen molar-refractivity contribution in [3.63, 3.8) is 0 Å². The van der Waals surface area contributed by atoms with E-state index in [-0.39, 0.29) is 12.3 Å². The highest BCUT2D eigenvalue weighted by Gasteiger charge is 2.08. The van der Waals surface area contributed by atoms with E-state index in [9.17, 15) is 9.90 Å². The first-order valence-corrected chi connectivity index (χ1v) is 7.68. The number of phenolic OH excluding ortho intramolecular Hbond substituents is 1. The molecule has 0 bridgehead atoms. The first kappa shape index (κ1) is 17.1. The molecule has 0 aliphatic rings. The summed E-state index contributed by atoms with van der Waals surface area (Å²) in [5, 5.41) is 25.3. The molecular formula is C17H16N6O3. The minimum atomic E-state index is -0.399. The molecule has 1 aromatic heterocycles. The molecule has 0 unspecified atom stereocenters. The van der Waals surface area contributed by atoms with Gasteiger partial charge in [-0.2, -0.15) is 9.90 Å². The van der Waals surface area contributed by atoms with E-state index >= 15 is 0 Å². The Morgan fingerprint density at radius 2 is 2.12 bits per heavy atom. The second kappa shape index (κ2) is 7.88. The van der Waals surface area contributed by atoms with Crippen LogP contribution in [-0.2, 0) is 11.3 Å². The molecule has 3 aromatic rings. The Hall–Kier alpha value is -3.75. The molecule has 9 heteroatoms. The number of tetrazole rings is 1. The average Bonchev–Trinajstić information content (AvgIpc) is 3.12. The summed E-state index contributed by atoms with van der Waals surface area (Å²) in [6.07, 6.45) is 1.43. The van der Waals surface area contributed by atoms with Gasteiger partial charge in [-0.25, -0.2) is 5.43 Å². The van der Waals surface area contributed by atoms with Gasteiger partial charge >= 0.3 is 0 Å². The van der Waals surface area contributed by atoms with Crippen molar-refractivity contribution in [2.24, 2.45) is 5.10 Å². The Bertz CT molecular complexity index is 923. The summed E-state index contributed by atoms with van der Waals surface area (Å²) in [5.74, 6) is 0.391. The third-order valence-corrected chi connectivity index (χ3v) is 3.38. The van der Waals surface area contributed by atoms with E-state index in [0.29, 0.717) is 17.1 Å². The van der Waals surface area contributed by atoms with Crippen molar-refractivity contribution < 1.29 is 14.6 Å². The zero-order valence-corrected chi connectivity index (χ0v) is 13.9. The Labute approximate surface area is 148 Å². The van der Waals surface area contributed by atoms with Crippen LogP contribution in [0.4, 0.5) is 0 Å². The molecule has 26 heavy (non-hydrogen) atoms. The number of aromatic hydroxyl groups is 1. The van der Waals surface area contributed by atoms with Gasteiger partial charge in [0.1, 0.15) is 6.54 Å². The molecule has 0 saturated carbocycles. The number of phenols is 1. The van der Waals surface area contributed by atoms with Crippen LogP contribution in [0.1, 0.15) is 5.56 Å². The molecule has 0 saturated heterocycles. The smallest absolute Gasteiger partial charge is 0.263 e. The molecule has 3 rings (SSSR count). The van der Waals surface area contributed by atoms with E-state index in [0.717, 1.165) is 5.56 Å². The van der Waals surface area contributed by atoms with Crippen LogP contribution in [0.25, 0.3) is 11.4 Å². The summed E-state index contributed by atoms with van der Waals surface area (Å²) in [6, 6.07) is 14.1. The quantitative estimate of drug-likeness (QED) is 0.509. The van der Waals surface area contributed by atoms with Crippen LogP contribution in [0.5, 0.6) is 11.5 Å². The second-order valence-corrected chi connectivity index (χ2v) is 5.23. The maximum Gasteiger partial charge on any atom is 0.263 e. The van der Waals surface area contributed by atoms with Gasteiger partial charge in [0, 0.05) is 5.56 Å². The van der Waals surface area contributed by atoms with E-state index in [1.807, 2.05) is 30.3 Å². The van der Waals surface area contributed by atoms with Crippen molar-refractivity contribution in [1.29, 1.82) is 0 Å². The number of amides is 1. The molecule has 0 aliphatic heterocycles. The van der Waals surface area contributed by atoms with Crippen LogP contribution in [0.15, 0.2) is 53.6 Å². The highest BCUT2D eigenvalue weighted by molar-refractivity contribution is 5.83. The standard InChI is InChI=1S/C17H16N6O3/c1-26-15-9-12(7-8-14(15)24)10-18-19-16(25)11-23-21-17(20-22-23)13-5-3-2-4-6-13/h2-10,24H,11H2,1H3,(H,19,25). The molecule has 132 valence electrons. The minimum Gasteiger partial charge on any atom is -0.504 e. The summed E-state index contributed by atoms with van der Waals surface area (Å²) in [4.78, 5) is 13.1. The van der Waals surface area contributed by atoms with Gasteiger partial charge < -0.3 is 9.84 Å². The van der Waals surface area contributed by atoms with Crippen molar-refractivity contribution in [2.75, 3.05) is 7.11 Å². The van der Waals surface area contributed by atoms with Crippen molar-refractivity contribution in [3.8, 4) is 22.9 Å². The molecule has 0 aliphatic carbocycles. The number of nitrogens with one attached hydrogen (secondary N) is 1. The van der Waals surface area contributed by atoms with Crippen LogP contribution >= 0.6 is 0 Å². The summed E-state index contributed by atoms with van der Waals surface area (Å²) in [7, 11) is 1.45. The Morgan fingerprint density at radius 3 is 2.88 bits per heavy atom. The monoisotopic (exact) mass is 352 g/mol. The first-order chi connectivity index (χ1) is 12.7. The normalized spacial score (nSPS) is 10.8. The number of benzene rings is 2. The molecule has 2 N–H and O–H groups in total. The Kier molecular flexibility index (Phi) is 5.18. The molecule has 0 spiro atoms. The molecule has 9 nitrogen and oxygen atoms in total. The number of ether oxygens (including phenoxy) is 1. The first-order valence-electron chi connectivity index (χ1n) is 7.68. The third kappa shape index (κ3) is 4.20. The lowest BCUT2D eigenvalue weighted by atomic mass is 10.2. The number of carbonyl (C=O) groups is 1. The molecular weight excluding hydrogens is 336 g/mol. The fraction of sp³-hybridized carbons (Fsp3) is 0.118. The van der Waals surface area contributed by atoms with Crippen LogP contribution < -0.4 is 10.2 Å². The van der Waals surface area contributed by atoms with Gasteiger partial charge in [-0.15, -0.1) is 10.2 Å². The summed E-state index contributed by atoms with van der Waals surface area (Å²) >= 11 is 0. The van der Waals surface area contributed by atoms with E-state index in [1.54, 1.807) is 12.1 Å². The van der Waals surface area contributed by atoms with E-state index in [2.05, 4.69) is 25.9 Å². The number of rotatable bonds is 6. The largest absolute Gasteiger partial charge is 0.504 e. The maximum absolute atomic E-state index is 11.9. The zero-order chi connectivity index (χ0) is 18.4. The van der Waals surface area contributed by atoms with Crippen LogP contribution in [0, 0.1) is 0 Å². The van der Waals surface area contributed by atoms with Crippen molar-refractivity contribution in [1.82, 2.24) is 25.6 Å². The van der Waals surface area contributed by atoms with Crippen LogP contribution in [0.2, 0.25) is 0 Å². The van der Waals surface area contributed by atoms with Gasteiger partial charge in [-0.05, 0) is 29.0 Å². The molecule has 0 atom stereocenters. The zero-order valence-electron chi connectivity index (χ0n) is 13.9. The van der Waals surface area contributed by atoms with Crippen molar-refractivity contribution in [3.05, 3.63) is 54.1 Å². The van der Waals surface area contributed by atoms with Crippen LogP contribution in [0.3, 0.4) is 0 Å². The molecule has 1 amide bonds. The number of methoxy groups -OCH3 is 1. The number of carbonyl (C=O) groups excluding carboxylic acids is 1. The number of aromatic nitrogens is 4. The molecule has 2 aromatic carbocycles. The fourth-order valence-corrected chi connectivity index (χ4v) is 2.13. The third-order valence-electron chi connectivity index (χ3n) is 3.38. The Balaban J connectivity index is 1.57. The number of hydrogen-bond donors (Lipinski definition) is 2. The molecule has 0 radical (unpaired) electrons. The van der Waals surface area contributed by atoms with Gasteiger partial charge in [0.15, 0.2) is 11.5 Å². The SMILES string of the molecule is COc1cc(C=NNC(=O)Cn2nnc(-c3ccccc3)n2)ccc1O. The molecule has 1 heterocycles. The predicted molar refractivity (Wildman–Crippen MR) is 93.6 cm³/mol. The van der Waals surface area contributed by atoms with Gasteiger partial charge in [-0.3, -0.25) is 4.79 Å². The fourth-order valence-electron chi connectivity index (χ4n) is 2.13. The minimum absolute atomic E-state index is 0.0279. The summed E-state index contributed by atoms with van der Waals surface area (Å²) in [5.41, 5.74) is 3.85. The van der Waals surface area contributed by atoms with Crippen molar-refractivity contribution in [2.45, 2.75) is 6.54 Å². The number of hydrogen-bond acceptors (Lipinski definition) is 7. The van der Waals surface area contributed by atoms with E-state index < -0.39 is 5.91 Å². The van der Waals surface area contributed by atoms with E-state index in [4.69, 9.17) is 4.74 Å². The molecule has 0 fully saturated rings. The topological polar surface area (TPSA) is 115 Å². The van der Waals surface area contributed by atoms with Crippen molar-refractivity contribution >= 4 is 12.1 Å². The highest BCUT2D eigenvalue weighted by atomic mass is 16.5. The number of nitrogens with zero attached hydrogens (tertiary/aromatic N) is 5. The van der Waals surface area contributed by atoms with Crippen LogP contribution in [-0.4, -0.2) is 44.5 Å². The highest BCUT2D eigenvalue weighted by Crippen LogP contribution is 2.25. The van der Waals surface area contributed by atoms with E-state index in [1.165, 1.54) is 24.2 Å². The lowest BCUT2D eigenvalue weighted by Gasteiger charge is -2.03. The summed E-state index contributed by atoms with van der Waals surface area (Å²) in [6.45, 7) is -0.115. The van der Waals surface area contributed by atoms with Gasteiger partial charge in [-0.1, -0.05) is 30.3 Å². The van der Waals surface area contributed by atoms with Gasteiger partial charge in [0.2, 0.25) is 5.82 Å². The van der Waals surface area contributed by atoms with Gasteiger partial charge in [0.05, 0.1) is 13.3 Å². The van der Waals surface area contributed by atoms with Gasteiger partial charge in [0.25, 0.3) is 5.91 Å². The predicted octanol–water partition coefficient (Wildman–Crippen LogP) is 1.20. The number of hydrazone groups is 1. The second-order valence-electron chi connectivity index (χ2n) is 5.23. The average molecular weight is 352 g/mol. The Morgan fingerprint density at radius 1 is 1.31 bits per heavy atom. The lowest BCUT2D eigenvalue weighted by molar-refractivity contribution is -0.122. The summed E-state index contributed by atoms with van der Waals surface area (Å²) < 4.78 is 5.01. The maximum atomic E-state index is 11.9. The lowest BCUT2D eigenvalue weighted by Crippen LogP contribution is -2.24.